The smallest absolute Gasteiger partial charge is 0.224 e. The maximum absolute atomic E-state index is 11.9. The molecule has 1 atom stereocenters. The normalized spacial score (nSPS) is 11.2. The fourth-order valence-electron chi connectivity index (χ4n) is 2.25. The van der Waals surface area contributed by atoms with Crippen LogP contribution in [0.15, 0.2) is 12.1 Å². The summed E-state index contributed by atoms with van der Waals surface area (Å²) in [5, 5.41) is 5.92. The summed E-state index contributed by atoms with van der Waals surface area (Å²) in [6, 6.07) is 3.76. The molecule has 0 radical (unpaired) electrons. The van der Waals surface area contributed by atoms with Gasteiger partial charge in [0.25, 0.3) is 0 Å². The van der Waals surface area contributed by atoms with Gasteiger partial charge in [0.1, 0.15) is 0 Å². The number of carbonyl (C=O) groups is 1. The van der Waals surface area contributed by atoms with Crippen molar-refractivity contribution in [2.45, 2.75) is 13.3 Å². The molecule has 1 unspecified atom stereocenters. The van der Waals surface area contributed by atoms with E-state index in [9.17, 15) is 4.79 Å². The van der Waals surface area contributed by atoms with Crippen LogP contribution in [0.1, 0.15) is 12.5 Å². The summed E-state index contributed by atoms with van der Waals surface area (Å²) in [6.07, 6.45) is 0.654. The van der Waals surface area contributed by atoms with E-state index in [1.165, 1.54) is 0 Å². The molecule has 7 heteroatoms. The second-order valence-electron chi connectivity index (χ2n) is 4.99. The molecule has 0 saturated heterocycles. The summed E-state index contributed by atoms with van der Waals surface area (Å²) in [5.74, 6) is 1.80. The predicted octanol–water partition coefficient (Wildman–Crippen LogP) is 1.65. The Morgan fingerprint density at radius 1 is 1.13 bits per heavy atom. The summed E-state index contributed by atoms with van der Waals surface area (Å²) < 4.78 is 16.0. The molecule has 1 rings (SSSR count). The van der Waals surface area contributed by atoms with Crippen molar-refractivity contribution < 1.29 is 19.0 Å². The number of amides is 1. The Morgan fingerprint density at radius 3 is 2.30 bits per heavy atom. The molecule has 0 aromatic heterocycles. The number of rotatable bonds is 9. The lowest BCUT2D eigenvalue weighted by Crippen LogP contribution is -2.35. The molecule has 0 aliphatic rings. The van der Waals surface area contributed by atoms with E-state index in [4.69, 9.17) is 14.2 Å². The number of hydrogen-bond donors (Lipinski definition) is 2. The number of benzene rings is 1. The molecule has 0 fully saturated rings. The molecular formula is C16H27ClN2O4. The zero-order chi connectivity index (χ0) is 16.5. The van der Waals surface area contributed by atoms with Gasteiger partial charge < -0.3 is 24.8 Å². The van der Waals surface area contributed by atoms with Crippen molar-refractivity contribution in [1.29, 1.82) is 0 Å². The van der Waals surface area contributed by atoms with Crippen LogP contribution in [-0.4, -0.2) is 47.4 Å². The third-order valence-corrected chi connectivity index (χ3v) is 3.44. The SMILES string of the molecule is CNCC(C)C(=O)NCCc1ccc(OC)c(OC)c1OC.Cl. The highest BCUT2D eigenvalue weighted by Crippen LogP contribution is 2.39. The van der Waals surface area contributed by atoms with E-state index in [2.05, 4.69) is 10.6 Å². The zero-order valence-corrected chi connectivity index (χ0v) is 15.2. The number of halogens is 1. The number of ether oxygens (including phenoxy) is 3. The molecule has 0 heterocycles. The van der Waals surface area contributed by atoms with Crippen LogP contribution in [0.25, 0.3) is 0 Å². The lowest BCUT2D eigenvalue weighted by atomic mass is 10.1. The number of carbonyl (C=O) groups excluding carboxylic acids is 1. The van der Waals surface area contributed by atoms with E-state index in [0.717, 1.165) is 5.56 Å². The quantitative estimate of drug-likeness (QED) is 0.711. The van der Waals surface area contributed by atoms with Gasteiger partial charge in [-0.1, -0.05) is 13.0 Å². The molecular weight excluding hydrogens is 320 g/mol. The summed E-state index contributed by atoms with van der Waals surface area (Å²) in [4.78, 5) is 11.9. The first-order chi connectivity index (χ1) is 10.6. The maximum Gasteiger partial charge on any atom is 0.224 e. The fraction of sp³-hybridized carbons (Fsp3) is 0.562. The molecule has 0 aliphatic heterocycles. The molecule has 1 aromatic carbocycles. The van der Waals surface area contributed by atoms with E-state index in [1.807, 2.05) is 26.1 Å². The number of nitrogens with one attached hydrogen (secondary N) is 2. The van der Waals surface area contributed by atoms with Gasteiger partial charge >= 0.3 is 0 Å². The summed E-state index contributed by atoms with van der Waals surface area (Å²) in [6.45, 7) is 3.09. The maximum atomic E-state index is 11.9. The molecule has 1 amide bonds. The second-order valence-corrected chi connectivity index (χ2v) is 4.99. The summed E-state index contributed by atoms with van der Waals surface area (Å²) in [5.41, 5.74) is 0.960. The van der Waals surface area contributed by atoms with Gasteiger partial charge in [0.05, 0.1) is 21.3 Å². The topological polar surface area (TPSA) is 68.8 Å². The van der Waals surface area contributed by atoms with Crippen LogP contribution >= 0.6 is 12.4 Å². The van der Waals surface area contributed by atoms with Crippen LogP contribution in [0.4, 0.5) is 0 Å². The predicted molar refractivity (Wildman–Crippen MR) is 93.2 cm³/mol. The van der Waals surface area contributed by atoms with Crippen LogP contribution in [-0.2, 0) is 11.2 Å². The van der Waals surface area contributed by atoms with Crippen molar-refractivity contribution in [2.24, 2.45) is 5.92 Å². The average molecular weight is 347 g/mol. The Balaban J connectivity index is 0.00000484. The van der Waals surface area contributed by atoms with E-state index >= 15 is 0 Å². The minimum absolute atomic E-state index is 0. The van der Waals surface area contributed by atoms with Crippen LogP contribution in [0.5, 0.6) is 17.2 Å². The van der Waals surface area contributed by atoms with Gasteiger partial charge in [-0.25, -0.2) is 0 Å². The molecule has 6 nitrogen and oxygen atoms in total. The highest BCUT2D eigenvalue weighted by Gasteiger charge is 2.16. The van der Waals surface area contributed by atoms with Crippen LogP contribution in [0.2, 0.25) is 0 Å². The molecule has 0 saturated carbocycles. The summed E-state index contributed by atoms with van der Waals surface area (Å²) in [7, 11) is 6.58. The van der Waals surface area contributed by atoms with Crippen molar-refractivity contribution in [3.05, 3.63) is 17.7 Å². The number of methoxy groups -OCH3 is 3. The van der Waals surface area contributed by atoms with Gasteiger partial charge in [0.15, 0.2) is 11.5 Å². The molecule has 23 heavy (non-hydrogen) atoms. The van der Waals surface area contributed by atoms with Crippen molar-refractivity contribution in [1.82, 2.24) is 10.6 Å². The first kappa shape index (κ1) is 21.3. The molecule has 132 valence electrons. The van der Waals surface area contributed by atoms with Gasteiger partial charge in [-0.2, -0.15) is 0 Å². The highest BCUT2D eigenvalue weighted by molar-refractivity contribution is 5.85. The third kappa shape index (κ3) is 5.80. The van der Waals surface area contributed by atoms with Crippen LogP contribution < -0.4 is 24.8 Å². The van der Waals surface area contributed by atoms with E-state index in [0.29, 0.717) is 36.8 Å². The average Bonchev–Trinajstić information content (AvgIpc) is 2.53. The molecule has 0 spiro atoms. The standard InChI is InChI=1S/C16H26N2O4.ClH/c1-11(10-17-2)16(19)18-9-8-12-6-7-13(20-3)15(22-5)14(12)21-4;/h6-7,11,17H,8-10H2,1-5H3,(H,18,19);1H. The lowest BCUT2D eigenvalue weighted by molar-refractivity contribution is -0.124. The largest absolute Gasteiger partial charge is 0.493 e. The first-order valence-corrected chi connectivity index (χ1v) is 7.29. The minimum Gasteiger partial charge on any atom is -0.493 e. The second kappa shape index (κ2) is 11.0. The van der Waals surface area contributed by atoms with Crippen LogP contribution in [0, 0.1) is 5.92 Å². The fourth-order valence-corrected chi connectivity index (χ4v) is 2.25. The Labute approximate surface area is 144 Å². The molecule has 2 N–H and O–H groups in total. The minimum atomic E-state index is -0.0581. The van der Waals surface area contributed by atoms with Crippen molar-refractivity contribution in [2.75, 3.05) is 41.5 Å². The van der Waals surface area contributed by atoms with Crippen molar-refractivity contribution in [3.63, 3.8) is 0 Å². The van der Waals surface area contributed by atoms with E-state index in [1.54, 1.807) is 21.3 Å². The van der Waals surface area contributed by atoms with E-state index < -0.39 is 0 Å². The van der Waals surface area contributed by atoms with Gasteiger partial charge in [-0.3, -0.25) is 4.79 Å². The van der Waals surface area contributed by atoms with Crippen molar-refractivity contribution in [3.8, 4) is 17.2 Å². The Hall–Kier alpha value is -1.66. The van der Waals surface area contributed by atoms with Gasteiger partial charge in [-0.15, -0.1) is 12.4 Å². The van der Waals surface area contributed by atoms with Crippen molar-refractivity contribution >= 4 is 18.3 Å². The Bertz CT molecular complexity index is 497. The van der Waals surface area contributed by atoms with Gasteiger partial charge in [0.2, 0.25) is 11.7 Å². The Kier molecular flexibility index (Phi) is 10.2. The Morgan fingerprint density at radius 2 is 1.78 bits per heavy atom. The van der Waals surface area contributed by atoms with Gasteiger partial charge in [-0.05, 0) is 19.5 Å². The lowest BCUT2D eigenvalue weighted by Gasteiger charge is -2.16. The monoisotopic (exact) mass is 346 g/mol. The molecule has 1 aromatic rings. The first-order valence-electron chi connectivity index (χ1n) is 7.29. The molecule has 0 bridgehead atoms. The highest BCUT2D eigenvalue weighted by atomic mass is 35.5. The number of hydrogen-bond acceptors (Lipinski definition) is 5. The van der Waals surface area contributed by atoms with Gasteiger partial charge in [0, 0.05) is 24.6 Å². The molecule has 0 aliphatic carbocycles. The van der Waals surface area contributed by atoms with Crippen LogP contribution in [0.3, 0.4) is 0 Å². The van der Waals surface area contributed by atoms with E-state index in [-0.39, 0.29) is 24.2 Å². The third-order valence-electron chi connectivity index (χ3n) is 3.44. The zero-order valence-electron chi connectivity index (χ0n) is 14.4. The summed E-state index contributed by atoms with van der Waals surface area (Å²) >= 11 is 0.